The maximum atomic E-state index is 12.4. The number of carbonyl (C=O) groups is 2. The van der Waals surface area contributed by atoms with Crippen LogP contribution in [-0.2, 0) is 19.6 Å². The minimum atomic E-state index is -3.66. The van der Waals surface area contributed by atoms with Gasteiger partial charge in [0.05, 0.1) is 17.5 Å². The van der Waals surface area contributed by atoms with Crippen molar-refractivity contribution >= 4 is 21.8 Å². The van der Waals surface area contributed by atoms with Crippen molar-refractivity contribution in [2.24, 2.45) is 0 Å². The standard InChI is InChI=1S/C18H27N3O5S/c1-13(2)20-17(22)12-21(3)18(23)14-6-8-16(9-7-14)27(24,25)19-11-15-5-4-10-26-15/h6-9,13,15,19H,4-5,10-12H2,1-3H3,(H,20,22)/t15-/m1/s1. The lowest BCUT2D eigenvalue weighted by Gasteiger charge is -2.18. The predicted molar refractivity (Wildman–Crippen MR) is 101 cm³/mol. The zero-order valence-electron chi connectivity index (χ0n) is 15.9. The van der Waals surface area contributed by atoms with Crippen LogP contribution in [0.5, 0.6) is 0 Å². The highest BCUT2D eigenvalue weighted by Crippen LogP contribution is 2.14. The van der Waals surface area contributed by atoms with Crippen molar-refractivity contribution in [3.63, 3.8) is 0 Å². The summed E-state index contributed by atoms with van der Waals surface area (Å²) in [5, 5.41) is 2.72. The molecule has 8 nitrogen and oxygen atoms in total. The van der Waals surface area contributed by atoms with Crippen LogP contribution in [0, 0.1) is 0 Å². The van der Waals surface area contributed by atoms with E-state index in [2.05, 4.69) is 10.0 Å². The normalized spacial score (nSPS) is 17.1. The molecule has 0 spiro atoms. The fraction of sp³-hybridized carbons (Fsp3) is 0.556. The van der Waals surface area contributed by atoms with Gasteiger partial charge >= 0.3 is 0 Å². The van der Waals surface area contributed by atoms with E-state index >= 15 is 0 Å². The molecular weight excluding hydrogens is 370 g/mol. The van der Waals surface area contributed by atoms with Crippen molar-refractivity contribution in [2.45, 2.75) is 43.7 Å². The predicted octanol–water partition coefficient (Wildman–Crippen LogP) is 0.741. The third kappa shape index (κ3) is 6.30. The summed E-state index contributed by atoms with van der Waals surface area (Å²) >= 11 is 0. The summed E-state index contributed by atoms with van der Waals surface area (Å²) in [7, 11) is -2.14. The van der Waals surface area contributed by atoms with Crippen molar-refractivity contribution < 1.29 is 22.7 Å². The Hall–Kier alpha value is -1.97. The number of hydrogen-bond acceptors (Lipinski definition) is 5. The number of nitrogens with one attached hydrogen (secondary N) is 2. The number of nitrogens with zero attached hydrogens (tertiary/aromatic N) is 1. The summed E-state index contributed by atoms with van der Waals surface area (Å²) < 4.78 is 32.6. The molecule has 27 heavy (non-hydrogen) atoms. The minimum Gasteiger partial charge on any atom is -0.377 e. The van der Waals surface area contributed by atoms with Crippen LogP contribution in [0.3, 0.4) is 0 Å². The Morgan fingerprint density at radius 2 is 1.93 bits per heavy atom. The molecule has 0 aromatic heterocycles. The van der Waals surface area contributed by atoms with Crippen LogP contribution in [-0.4, -0.2) is 64.0 Å². The van der Waals surface area contributed by atoms with Crippen LogP contribution < -0.4 is 10.0 Å². The molecule has 2 N–H and O–H groups in total. The first-order valence-corrected chi connectivity index (χ1v) is 10.4. The summed E-state index contributed by atoms with van der Waals surface area (Å²) in [6.45, 7) is 4.50. The molecule has 1 saturated heterocycles. The Morgan fingerprint density at radius 3 is 2.48 bits per heavy atom. The van der Waals surface area contributed by atoms with Crippen LogP contribution in [0.1, 0.15) is 37.0 Å². The van der Waals surface area contributed by atoms with E-state index in [0.29, 0.717) is 12.2 Å². The van der Waals surface area contributed by atoms with Crippen LogP contribution >= 0.6 is 0 Å². The molecule has 2 amide bonds. The van der Waals surface area contributed by atoms with E-state index in [-0.39, 0.29) is 41.9 Å². The number of rotatable bonds is 8. The Balaban J connectivity index is 1.96. The average molecular weight is 397 g/mol. The first kappa shape index (κ1) is 21.3. The zero-order valence-corrected chi connectivity index (χ0v) is 16.7. The van der Waals surface area contributed by atoms with Gasteiger partial charge in [-0.15, -0.1) is 0 Å². The second kappa shape index (κ2) is 9.29. The van der Waals surface area contributed by atoms with E-state index in [1.54, 1.807) is 0 Å². The van der Waals surface area contributed by atoms with Crippen molar-refractivity contribution in [3.8, 4) is 0 Å². The molecule has 9 heteroatoms. The first-order valence-electron chi connectivity index (χ1n) is 8.95. The molecule has 0 saturated carbocycles. The summed E-state index contributed by atoms with van der Waals surface area (Å²) in [5.74, 6) is -0.608. The summed E-state index contributed by atoms with van der Waals surface area (Å²) in [4.78, 5) is 25.5. The van der Waals surface area contributed by atoms with Crippen LogP contribution in [0.25, 0.3) is 0 Å². The molecule has 1 atom stereocenters. The molecule has 0 radical (unpaired) electrons. The quantitative estimate of drug-likeness (QED) is 0.673. The van der Waals surface area contributed by atoms with E-state index in [9.17, 15) is 18.0 Å². The lowest BCUT2D eigenvalue weighted by atomic mass is 10.2. The Kier molecular flexibility index (Phi) is 7.34. The van der Waals surface area contributed by atoms with Gasteiger partial charge in [0.1, 0.15) is 0 Å². The summed E-state index contributed by atoms with van der Waals surface area (Å²) in [6, 6.07) is 5.65. The van der Waals surface area contributed by atoms with Crippen LogP contribution in [0.2, 0.25) is 0 Å². The van der Waals surface area contributed by atoms with Crippen molar-refractivity contribution in [2.75, 3.05) is 26.7 Å². The number of benzene rings is 1. The second-order valence-electron chi connectivity index (χ2n) is 6.89. The van der Waals surface area contributed by atoms with Gasteiger partial charge in [-0.3, -0.25) is 9.59 Å². The fourth-order valence-electron chi connectivity index (χ4n) is 2.74. The first-order chi connectivity index (χ1) is 12.7. The van der Waals surface area contributed by atoms with E-state index in [1.807, 2.05) is 13.8 Å². The van der Waals surface area contributed by atoms with Gasteiger partial charge in [-0.1, -0.05) is 0 Å². The molecule has 0 bridgehead atoms. The molecule has 1 aliphatic heterocycles. The van der Waals surface area contributed by atoms with Gasteiger partial charge in [0.2, 0.25) is 15.9 Å². The topological polar surface area (TPSA) is 105 Å². The molecule has 2 rings (SSSR count). The molecule has 150 valence electrons. The van der Waals surface area contributed by atoms with Gasteiger partial charge in [-0.2, -0.15) is 0 Å². The van der Waals surface area contributed by atoms with Gasteiger partial charge < -0.3 is 15.0 Å². The third-order valence-electron chi connectivity index (χ3n) is 4.11. The van der Waals surface area contributed by atoms with Crippen LogP contribution in [0.4, 0.5) is 0 Å². The highest BCUT2D eigenvalue weighted by molar-refractivity contribution is 7.89. The van der Waals surface area contributed by atoms with Gasteiger partial charge in [0.25, 0.3) is 5.91 Å². The summed E-state index contributed by atoms with van der Waals surface area (Å²) in [6.07, 6.45) is 1.68. The van der Waals surface area contributed by atoms with Gasteiger partial charge in [0.15, 0.2) is 0 Å². The lowest BCUT2D eigenvalue weighted by Crippen LogP contribution is -2.40. The highest BCUT2D eigenvalue weighted by Gasteiger charge is 2.21. The molecule has 1 fully saturated rings. The van der Waals surface area contributed by atoms with E-state index in [0.717, 1.165) is 12.8 Å². The second-order valence-corrected chi connectivity index (χ2v) is 8.66. The number of ether oxygens (including phenoxy) is 1. The Morgan fingerprint density at radius 1 is 1.26 bits per heavy atom. The van der Waals surface area contributed by atoms with E-state index < -0.39 is 10.0 Å². The van der Waals surface area contributed by atoms with Crippen molar-refractivity contribution in [3.05, 3.63) is 29.8 Å². The Bertz CT molecular complexity index is 756. The molecule has 1 aromatic rings. The number of amides is 2. The smallest absolute Gasteiger partial charge is 0.254 e. The van der Waals surface area contributed by atoms with Gasteiger partial charge in [-0.05, 0) is 51.0 Å². The number of likely N-dealkylation sites (N-methyl/N-ethyl adjacent to an activating group) is 1. The lowest BCUT2D eigenvalue weighted by molar-refractivity contribution is -0.122. The SMILES string of the molecule is CC(C)NC(=O)CN(C)C(=O)c1ccc(S(=O)(=O)NC[C@H]2CCCO2)cc1. The number of sulfonamides is 1. The molecule has 1 aliphatic rings. The third-order valence-corrected chi connectivity index (χ3v) is 5.55. The van der Waals surface area contributed by atoms with Crippen LogP contribution in [0.15, 0.2) is 29.2 Å². The maximum absolute atomic E-state index is 12.4. The number of hydrogen-bond donors (Lipinski definition) is 2. The summed E-state index contributed by atoms with van der Waals surface area (Å²) in [5.41, 5.74) is 0.313. The maximum Gasteiger partial charge on any atom is 0.254 e. The molecule has 1 aromatic carbocycles. The largest absolute Gasteiger partial charge is 0.377 e. The minimum absolute atomic E-state index is 0.00683. The molecule has 0 aliphatic carbocycles. The van der Waals surface area contributed by atoms with E-state index in [4.69, 9.17) is 4.74 Å². The van der Waals surface area contributed by atoms with Gasteiger partial charge in [0, 0.05) is 31.8 Å². The number of carbonyl (C=O) groups excluding carboxylic acids is 2. The fourth-order valence-corrected chi connectivity index (χ4v) is 3.81. The van der Waals surface area contributed by atoms with E-state index in [1.165, 1.54) is 36.2 Å². The molecule has 1 heterocycles. The zero-order chi connectivity index (χ0) is 20.0. The highest BCUT2D eigenvalue weighted by atomic mass is 32.2. The van der Waals surface area contributed by atoms with Gasteiger partial charge in [-0.25, -0.2) is 13.1 Å². The Labute approximate surface area is 160 Å². The van der Waals surface area contributed by atoms with Crippen molar-refractivity contribution in [1.29, 1.82) is 0 Å². The monoisotopic (exact) mass is 397 g/mol. The average Bonchev–Trinajstić information content (AvgIpc) is 3.12. The molecule has 0 unspecified atom stereocenters. The van der Waals surface area contributed by atoms with Crippen molar-refractivity contribution in [1.82, 2.24) is 14.9 Å². The molecular formula is C18H27N3O5S.